The third kappa shape index (κ3) is 1.30. The monoisotopic (exact) mass is 206 g/mol. The molecule has 0 unspecified atom stereocenters. The third-order valence-corrected chi connectivity index (χ3v) is 4.48. The average Bonchev–Trinajstić information content (AvgIpc) is 2.18. The molecule has 1 aliphatic heterocycles. The molecule has 1 aromatic rings. The summed E-state index contributed by atoms with van der Waals surface area (Å²) < 4.78 is 0.537. The van der Waals surface area contributed by atoms with Gasteiger partial charge in [0.2, 0.25) is 0 Å². The molecule has 0 aliphatic carbocycles. The largest absolute Gasteiger partial charge is 0.140 e. The van der Waals surface area contributed by atoms with Crippen LogP contribution in [0, 0.1) is 6.92 Å². The van der Waals surface area contributed by atoms with Crippen molar-refractivity contribution in [3.63, 3.8) is 0 Å². The van der Waals surface area contributed by atoms with Crippen molar-refractivity contribution < 1.29 is 0 Å². The Balaban J connectivity index is 2.72. The Labute approximate surface area is 91.1 Å². The fourth-order valence-corrected chi connectivity index (χ4v) is 4.64. The number of rotatable bonds is 0. The zero-order chi connectivity index (χ0) is 10.6. The Morgan fingerprint density at radius 3 is 2.21 bits per heavy atom. The zero-order valence-corrected chi connectivity index (χ0v) is 10.5. The van der Waals surface area contributed by atoms with Gasteiger partial charge >= 0.3 is 0 Å². The molecule has 14 heavy (non-hydrogen) atoms. The molecular weight excluding hydrogens is 188 g/mol. The number of hydrogen-bond donors (Lipinski definition) is 0. The maximum Gasteiger partial charge on any atom is 0.0366 e. The molecule has 0 bridgehead atoms. The van der Waals surface area contributed by atoms with Crippen LogP contribution in [0.25, 0.3) is 0 Å². The molecule has 1 heteroatoms. The summed E-state index contributed by atoms with van der Waals surface area (Å²) in [6.45, 7) is 11.5. The van der Waals surface area contributed by atoms with E-state index in [1.165, 1.54) is 11.1 Å². The van der Waals surface area contributed by atoms with E-state index in [1.807, 2.05) is 0 Å². The highest BCUT2D eigenvalue weighted by atomic mass is 32.2. The minimum atomic E-state index is 0.268. The summed E-state index contributed by atoms with van der Waals surface area (Å²) in [5, 5.41) is 0. The van der Waals surface area contributed by atoms with E-state index in [-0.39, 0.29) is 9.49 Å². The number of aryl methyl sites for hydroxylation is 1. The van der Waals surface area contributed by atoms with Crippen molar-refractivity contribution >= 4 is 11.8 Å². The molecule has 0 saturated carbocycles. The van der Waals surface area contributed by atoms with Crippen LogP contribution in [0.1, 0.15) is 44.4 Å². The van der Waals surface area contributed by atoms with Crippen molar-refractivity contribution in [3.8, 4) is 0 Å². The average molecular weight is 206 g/mol. The van der Waals surface area contributed by atoms with Crippen molar-refractivity contribution in [3.05, 3.63) is 34.9 Å². The van der Waals surface area contributed by atoms with Gasteiger partial charge in [0.25, 0.3) is 0 Å². The lowest BCUT2D eigenvalue weighted by Crippen LogP contribution is -2.10. The lowest BCUT2D eigenvalue weighted by molar-refractivity contribution is 0.780. The molecular formula is C13H18S. The Bertz CT molecular complexity index is 375. The van der Waals surface area contributed by atoms with Gasteiger partial charge in [-0.3, -0.25) is 0 Å². The van der Waals surface area contributed by atoms with Crippen molar-refractivity contribution in [2.75, 3.05) is 0 Å². The Hall–Kier alpha value is -0.430. The van der Waals surface area contributed by atoms with E-state index in [0.717, 1.165) is 0 Å². The summed E-state index contributed by atoms with van der Waals surface area (Å²) in [4.78, 5) is 0. The van der Waals surface area contributed by atoms with Gasteiger partial charge in [0.1, 0.15) is 0 Å². The fraction of sp³-hybridized carbons (Fsp3) is 0.538. The van der Waals surface area contributed by atoms with Gasteiger partial charge < -0.3 is 0 Å². The van der Waals surface area contributed by atoms with Crippen molar-refractivity contribution in [1.29, 1.82) is 0 Å². The molecule has 0 amide bonds. The Morgan fingerprint density at radius 1 is 1.00 bits per heavy atom. The van der Waals surface area contributed by atoms with Gasteiger partial charge in [-0.25, -0.2) is 0 Å². The van der Waals surface area contributed by atoms with Crippen molar-refractivity contribution in [2.24, 2.45) is 0 Å². The van der Waals surface area contributed by atoms with Crippen LogP contribution in [0.3, 0.4) is 0 Å². The summed E-state index contributed by atoms with van der Waals surface area (Å²) in [6, 6.07) is 6.69. The van der Waals surface area contributed by atoms with Crippen LogP contribution >= 0.6 is 11.8 Å². The summed E-state index contributed by atoms with van der Waals surface area (Å²) in [5.74, 6) is 0. The second-order valence-electron chi connectivity index (χ2n) is 5.12. The second kappa shape index (κ2) is 2.79. The molecule has 1 aliphatic rings. The first-order valence-electron chi connectivity index (χ1n) is 5.15. The molecule has 1 aromatic carbocycles. The summed E-state index contributed by atoms with van der Waals surface area (Å²) >= 11 is 2.07. The van der Waals surface area contributed by atoms with Gasteiger partial charge in [-0.15, -0.1) is 11.8 Å². The minimum absolute atomic E-state index is 0.268. The third-order valence-electron chi connectivity index (χ3n) is 3.03. The minimum Gasteiger partial charge on any atom is -0.140 e. The van der Waals surface area contributed by atoms with Crippen LogP contribution in [0.4, 0.5) is 0 Å². The van der Waals surface area contributed by atoms with Crippen LogP contribution in [0.2, 0.25) is 0 Å². The van der Waals surface area contributed by atoms with Crippen LogP contribution in [0.15, 0.2) is 18.2 Å². The van der Waals surface area contributed by atoms with Crippen LogP contribution < -0.4 is 0 Å². The second-order valence-corrected chi connectivity index (χ2v) is 7.37. The van der Waals surface area contributed by atoms with Gasteiger partial charge in [-0.2, -0.15) is 0 Å². The molecule has 76 valence electrons. The van der Waals surface area contributed by atoms with Gasteiger partial charge in [-0.05, 0) is 51.3 Å². The van der Waals surface area contributed by atoms with E-state index in [9.17, 15) is 0 Å². The number of benzene rings is 1. The molecule has 0 saturated heterocycles. The summed E-state index contributed by atoms with van der Waals surface area (Å²) in [5.41, 5.74) is 4.51. The molecule has 0 atom stereocenters. The predicted octanol–water partition coefficient (Wildman–Crippen LogP) is 4.21. The van der Waals surface area contributed by atoms with Crippen molar-refractivity contribution in [1.82, 2.24) is 0 Å². The standard InChI is InChI=1S/C13H18S/c1-9-7-6-8-10-11(9)13(4,5)14-12(10,2)3/h6-8H,1-5H3. The Morgan fingerprint density at radius 2 is 1.64 bits per heavy atom. The molecule has 1 heterocycles. The van der Waals surface area contributed by atoms with Crippen molar-refractivity contribution in [2.45, 2.75) is 44.1 Å². The van der Waals surface area contributed by atoms with E-state index < -0.39 is 0 Å². The molecule has 0 nitrogen and oxygen atoms in total. The van der Waals surface area contributed by atoms with Crippen LogP contribution in [-0.4, -0.2) is 0 Å². The molecule has 0 fully saturated rings. The maximum absolute atomic E-state index is 2.33. The van der Waals surface area contributed by atoms with Crippen LogP contribution in [0.5, 0.6) is 0 Å². The van der Waals surface area contributed by atoms with Gasteiger partial charge in [0.15, 0.2) is 0 Å². The van der Waals surface area contributed by atoms with E-state index in [0.29, 0.717) is 0 Å². The quantitative estimate of drug-likeness (QED) is 0.612. The first kappa shape index (κ1) is 10.1. The maximum atomic E-state index is 2.33. The van der Waals surface area contributed by atoms with Gasteiger partial charge in [-0.1, -0.05) is 18.2 Å². The normalized spacial score (nSPS) is 22.1. The smallest absolute Gasteiger partial charge is 0.0366 e. The van der Waals surface area contributed by atoms with E-state index >= 15 is 0 Å². The SMILES string of the molecule is Cc1cccc2c1C(C)(C)SC2(C)C. The van der Waals surface area contributed by atoms with Gasteiger partial charge in [0.05, 0.1) is 0 Å². The highest BCUT2D eigenvalue weighted by Crippen LogP contribution is 2.58. The molecule has 0 radical (unpaired) electrons. The molecule has 0 N–H and O–H groups in total. The van der Waals surface area contributed by atoms with E-state index in [2.05, 4.69) is 64.6 Å². The summed E-state index contributed by atoms with van der Waals surface area (Å²) in [6.07, 6.45) is 0. The Kier molecular flexibility index (Phi) is 2.01. The van der Waals surface area contributed by atoms with Crippen LogP contribution in [-0.2, 0) is 9.49 Å². The molecule has 0 spiro atoms. The lowest BCUT2D eigenvalue weighted by Gasteiger charge is -2.22. The number of fused-ring (bicyclic) bond motifs is 1. The van der Waals surface area contributed by atoms with E-state index in [1.54, 1.807) is 5.56 Å². The summed E-state index contributed by atoms with van der Waals surface area (Å²) in [7, 11) is 0. The highest BCUT2D eigenvalue weighted by Gasteiger charge is 2.43. The molecule has 0 aromatic heterocycles. The number of hydrogen-bond acceptors (Lipinski definition) is 1. The van der Waals surface area contributed by atoms with E-state index in [4.69, 9.17) is 0 Å². The topological polar surface area (TPSA) is 0 Å². The number of thioether (sulfide) groups is 1. The highest BCUT2D eigenvalue weighted by molar-refractivity contribution is 8.01. The fourth-order valence-electron chi connectivity index (χ4n) is 2.71. The lowest BCUT2D eigenvalue weighted by atomic mass is 9.87. The predicted molar refractivity (Wildman–Crippen MR) is 64.8 cm³/mol. The zero-order valence-electron chi connectivity index (χ0n) is 9.64. The molecule has 2 rings (SSSR count). The first-order valence-corrected chi connectivity index (χ1v) is 5.97. The first-order chi connectivity index (χ1) is 6.34. The van der Waals surface area contributed by atoms with Gasteiger partial charge in [0, 0.05) is 9.49 Å².